The molecule has 0 spiro atoms. The summed E-state index contributed by atoms with van der Waals surface area (Å²) in [5, 5.41) is 8.98. The Hall–Kier alpha value is -1.10. The maximum absolute atomic E-state index is 11.8. The molecule has 0 saturated carbocycles. The number of aliphatic carboxylic acids is 1. The minimum absolute atomic E-state index is 0.0875. The lowest BCUT2D eigenvalue weighted by atomic mass is 10.0. The Balaban J connectivity index is 4.45. The van der Waals surface area contributed by atoms with E-state index in [9.17, 15) is 9.59 Å². The van der Waals surface area contributed by atoms with E-state index in [0.717, 1.165) is 0 Å². The van der Waals surface area contributed by atoms with Crippen LogP contribution in [0.3, 0.4) is 0 Å². The number of carboxylic acids is 1. The van der Waals surface area contributed by atoms with Crippen molar-refractivity contribution in [3.63, 3.8) is 0 Å². The third-order valence-electron chi connectivity index (χ3n) is 2.71. The van der Waals surface area contributed by atoms with Crippen LogP contribution in [-0.2, 0) is 14.3 Å². The largest absolute Gasteiger partial charge is 0.480 e. The van der Waals surface area contributed by atoms with Crippen LogP contribution in [0.1, 0.15) is 27.2 Å². The fraction of sp³-hybridized carbons (Fsp3) is 0.818. The molecule has 16 heavy (non-hydrogen) atoms. The Morgan fingerprint density at radius 1 is 1.44 bits per heavy atom. The molecule has 5 heteroatoms. The lowest BCUT2D eigenvalue weighted by molar-refractivity contribution is -0.155. The smallest absolute Gasteiger partial charge is 0.329 e. The zero-order chi connectivity index (χ0) is 12.9. The van der Waals surface area contributed by atoms with Gasteiger partial charge in [-0.15, -0.1) is 0 Å². The standard InChI is InChI=1S/C11H21NO4/c1-8(7-16-5)6-9(13)12(4)11(2,3)10(14)15/h8H,6-7H2,1-5H3,(H,14,15). The number of ether oxygens (including phenoxy) is 1. The first-order valence-electron chi connectivity index (χ1n) is 5.22. The fourth-order valence-electron chi connectivity index (χ4n) is 1.23. The van der Waals surface area contributed by atoms with Crippen molar-refractivity contribution < 1.29 is 19.4 Å². The van der Waals surface area contributed by atoms with E-state index < -0.39 is 11.5 Å². The van der Waals surface area contributed by atoms with Crippen LogP contribution in [0.5, 0.6) is 0 Å². The van der Waals surface area contributed by atoms with E-state index in [-0.39, 0.29) is 11.8 Å². The van der Waals surface area contributed by atoms with Gasteiger partial charge in [0.15, 0.2) is 0 Å². The molecule has 94 valence electrons. The summed E-state index contributed by atoms with van der Waals surface area (Å²) in [7, 11) is 3.09. The molecule has 1 N–H and O–H groups in total. The highest BCUT2D eigenvalue weighted by Crippen LogP contribution is 2.15. The summed E-state index contributed by atoms with van der Waals surface area (Å²) in [5.74, 6) is -1.11. The van der Waals surface area contributed by atoms with E-state index in [2.05, 4.69) is 0 Å². The molecule has 0 aromatic rings. The van der Waals surface area contributed by atoms with Crippen molar-refractivity contribution in [1.29, 1.82) is 0 Å². The quantitative estimate of drug-likeness (QED) is 0.740. The molecule has 1 unspecified atom stereocenters. The summed E-state index contributed by atoms with van der Waals surface area (Å²) in [4.78, 5) is 24.0. The molecule has 1 amide bonds. The molecule has 0 aliphatic rings. The van der Waals surface area contributed by atoms with Crippen LogP contribution in [0.25, 0.3) is 0 Å². The van der Waals surface area contributed by atoms with Gasteiger partial charge in [-0.2, -0.15) is 0 Å². The number of carbonyl (C=O) groups is 2. The van der Waals surface area contributed by atoms with Crippen molar-refractivity contribution in [2.45, 2.75) is 32.7 Å². The second-order valence-corrected chi connectivity index (χ2v) is 4.58. The predicted molar refractivity (Wildman–Crippen MR) is 60.1 cm³/mol. The lowest BCUT2D eigenvalue weighted by Crippen LogP contribution is -2.51. The molecule has 0 aliphatic carbocycles. The number of nitrogens with zero attached hydrogens (tertiary/aromatic N) is 1. The van der Waals surface area contributed by atoms with Crippen LogP contribution in [0.4, 0.5) is 0 Å². The molecule has 0 aliphatic heterocycles. The lowest BCUT2D eigenvalue weighted by Gasteiger charge is -2.32. The second kappa shape index (κ2) is 5.84. The summed E-state index contributed by atoms with van der Waals surface area (Å²) in [6.45, 7) is 5.40. The summed E-state index contributed by atoms with van der Waals surface area (Å²) >= 11 is 0. The van der Waals surface area contributed by atoms with Gasteiger partial charge in [-0.3, -0.25) is 4.79 Å². The van der Waals surface area contributed by atoms with Gasteiger partial charge in [-0.1, -0.05) is 6.92 Å². The molecular formula is C11H21NO4. The number of rotatable bonds is 6. The Labute approximate surface area is 96.4 Å². The molecule has 0 radical (unpaired) electrons. The molecule has 0 aromatic heterocycles. The minimum atomic E-state index is -1.18. The van der Waals surface area contributed by atoms with E-state index in [1.165, 1.54) is 25.8 Å². The van der Waals surface area contributed by atoms with E-state index in [1.54, 1.807) is 7.11 Å². The maximum Gasteiger partial charge on any atom is 0.329 e. The van der Waals surface area contributed by atoms with Gasteiger partial charge in [0.1, 0.15) is 5.54 Å². The van der Waals surface area contributed by atoms with Crippen molar-refractivity contribution in [1.82, 2.24) is 4.90 Å². The van der Waals surface area contributed by atoms with Crippen molar-refractivity contribution in [2.24, 2.45) is 5.92 Å². The number of amides is 1. The number of hydrogen-bond acceptors (Lipinski definition) is 3. The molecule has 0 fully saturated rings. The molecule has 0 rings (SSSR count). The van der Waals surface area contributed by atoms with Crippen LogP contribution in [0, 0.1) is 5.92 Å². The number of carbonyl (C=O) groups excluding carboxylic acids is 1. The Morgan fingerprint density at radius 3 is 2.31 bits per heavy atom. The Kier molecular flexibility index (Phi) is 5.44. The first-order chi connectivity index (χ1) is 7.23. The van der Waals surface area contributed by atoms with Gasteiger partial charge in [0, 0.05) is 27.2 Å². The normalized spacial score (nSPS) is 13.3. The molecule has 5 nitrogen and oxygen atoms in total. The number of methoxy groups -OCH3 is 1. The van der Waals surface area contributed by atoms with Crippen LogP contribution in [0.2, 0.25) is 0 Å². The van der Waals surface area contributed by atoms with Crippen LogP contribution in [-0.4, -0.2) is 48.2 Å². The first-order valence-corrected chi connectivity index (χ1v) is 5.22. The van der Waals surface area contributed by atoms with Gasteiger partial charge in [0.2, 0.25) is 5.91 Å². The zero-order valence-corrected chi connectivity index (χ0v) is 10.6. The molecule has 1 atom stereocenters. The number of likely N-dealkylation sites (N-methyl/N-ethyl adjacent to an activating group) is 1. The van der Waals surface area contributed by atoms with Crippen molar-refractivity contribution in [2.75, 3.05) is 20.8 Å². The topological polar surface area (TPSA) is 66.8 Å². The Bertz CT molecular complexity index is 263. The molecule has 0 bridgehead atoms. The maximum atomic E-state index is 11.8. The van der Waals surface area contributed by atoms with E-state index in [0.29, 0.717) is 13.0 Å². The average Bonchev–Trinajstić information content (AvgIpc) is 2.16. The average molecular weight is 231 g/mol. The highest BCUT2D eigenvalue weighted by atomic mass is 16.5. The van der Waals surface area contributed by atoms with Gasteiger partial charge < -0.3 is 14.7 Å². The van der Waals surface area contributed by atoms with E-state index in [4.69, 9.17) is 9.84 Å². The Morgan fingerprint density at radius 2 is 1.94 bits per heavy atom. The van der Waals surface area contributed by atoms with Gasteiger partial charge in [0.05, 0.1) is 0 Å². The van der Waals surface area contributed by atoms with E-state index in [1.807, 2.05) is 6.92 Å². The summed E-state index contributed by atoms with van der Waals surface area (Å²) < 4.78 is 4.93. The van der Waals surface area contributed by atoms with Crippen molar-refractivity contribution >= 4 is 11.9 Å². The molecule has 0 heterocycles. The minimum Gasteiger partial charge on any atom is -0.480 e. The predicted octanol–water partition coefficient (Wildman–Crippen LogP) is 0.981. The molecule has 0 aromatic carbocycles. The molecule has 0 saturated heterocycles. The molecular weight excluding hydrogens is 210 g/mol. The van der Waals surface area contributed by atoms with E-state index >= 15 is 0 Å². The third-order valence-corrected chi connectivity index (χ3v) is 2.71. The van der Waals surface area contributed by atoms with Gasteiger partial charge >= 0.3 is 5.97 Å². The number of carboxylic acid groups (broad SMARTS) is 1. The second-order valence-electron chi connectivity index (χ2n) is 4.58. The monoisotopic (exact) mass is 231 g/mol. The van der Waals surface area contributed by atoms with Crippen LogP contribution >= 0.6 is 0 Å². The highest BCUT2D eigenvalue weighted by Gasteiger charge is 2.35. The van der Waals surface area contributed by atoms with Gasteiger partial charge in [0.25, 0.3) is 0 Å². The third kappa shape index (κ3) is 3.81. The number of hydrogen-bond donors (Lipinski definition) is 1. The van der Waals surface area contributed by atoms with Crippen LogP contribution < -0.4 is 0 Å². The SMILES string of the molecule is COCC(C)CC(=O)N(C)C(C)(C)C(=O)O. The first kappa shape index (κ1) is 14.9. The fourth-order valence-corrected chi connectivity index (χ4v) is 1.23. The van der Waals surface area contributed by atoms with Gasteiger partial charge in [-0.05, 0) is 19.8 Å². The summed E-state index contributed by atoms with van der Waals surface area (Å²) in [6, 6.07) is 0. The zero-order valence-electron chi connectivity index (χ0n) is 10.6. The van der Waals surface area contributed by atoms with Crippen LogP contribution in [0.15, 0.2) is 0 Å². The summed E-state index contributed by atoms with van der Waals surface area (Å²) in [6.07, 6.45) is 0.293. The summed E-state index contributed by atoms with van der Waals surface area (Å²) in [5.41, 5.74) is -1.18. The van der Waals surface area contributed by atoms with Crippen molar-refractivity contribution in [3.05, 3.63) is 0 Å². The van der Waals surface area contributed by atoms with Crippen molar-refractivity contribution in [3.8, 4) is 0 Å². The highest BCUT2D eigenvalue weighted by molar-refractivity contribution is 5.86. The van der Waals surface area contributed by atoms with Gasteiger partial charge in [-0.25, -0.2) is 4.79 Å².